The van der Waals surface area contributed by atoms with Gasteiger partial charge in [-0.25, -0.2) is 0 Å². The molecule has 0 aromatic heterocycles. The molecule has 20 heavy (non-hydrogen) atoms. The average Bonchev–Trinajstić information content (AvgIpc) is 2.40. The maximum absolute atomic E-state index is 12.2. The molecular weight excluding hydrogens is 280 g/mol. The van der Waals surface area contributed by atoms with Gasteiger partial charge in [-0.05, 0) is 5.92 Å². The normalized spacial score (nSPS) is 12.2. The zero-order valence-corrected chi connectivity index (χ0v) is 13.0. The molecule has 0 saturated carbocycles. The molecule has 0 aliphatic carbocycles. The third-order valence-corrected chi connectivity index (χ3v) is 3.42. The van der Waals surface area contributed by atoms with Crippen LogP contribution in [0.3, 0.4) is 0 Å². The lowest BCUT2D eigenvalue weighted by Crippen LogP contribution is -2.33. The topological polar surface area (TPSA) is 73.6 Å². The summed E-state index contributed by atoms with van der Waals surface area (Å²) in [5.74, 6) is 0.687. The van der Waals surface area contributed by atoms with Crippen LogP contribution in [0.2, 0.25) is 5.02 Å². The molecule has 1 aromatic rings. The second kappa shape index (κ2) is 7.36. The second-order valence-electron chi connectivity index (χ2n) is 4.76. The number of nitrogens with one attached hydrogen (secondary N) is 1. The lowest BCUT2D eigenvalue weighted by atomic mass is 9.95. The largest absolute Gasteiger partial charge is 0.495 e. The molecule has 3 N–H and O–H groups in total. The highest BCUT2D eigenvalue weighted by atomic mass is 35.5. The van der Waals surface area contributed by atoms with Crippen LogP contribution in [0, 0.1) is 11.8 Å². The lowest BCUT2D eigenvalue weighted by Gasteiger charge is -2.20. The van der Waals surface area contributed by atoms with Crippen LogP contribution in [0.5, 0.6) is 11.5 Å². The van der Waals surface area contributed by atoms with Crippen molar-refractivity contribution in [1.29, 1.82) is 0 Å². The first-order valence-corrected chi connectivity index (χ1v) is 6.74. The van der Waals surface area contributed by atoms with Crippen LogP contribution in [0.25, 0.3) is 0 Å². The Morgan fingerprint density at radius 2 is 1.90 bits per heavy atom. The van der Waals surface area contributed by atoms with Crippen LogP contribution < -0.4 is 20.5 Å². The Bertz CT molecular complexity index is 478. The molecule has 0 spiro atoms. The number of nitrogens with two attached hydrogens (primary N) is 1. The number of methoxy groups -OCH3 is 2. The van der Waals surface area contributed by atoms with Gasteiger partial charge in [0.2, 0.25) is 5.91 Å². The van der Waals surface area contributed by atoms with Gasteiger partial charge in [0.1, 0.15) is 11.5 Å². The summed E-state index contributed by atoms with van der Waals surface area (Å²) >= 11 is 6.02. The molecule has 0 radical (unpaired) electrons. The molecule has 112 valence electrons. The van der Waals surface area contributed by atoms with E-state index < -0.39 is 0 Å². The predicted molar refractivity (Wildman–Crippen MR) is 80.6 cm³/mol. The third kappa shape index (κ3) is 3.77. The molecule has 1 amide bonds. The number of rotatable bonds is 6. The predicted octanol–water partition coefficient (Wildman–Crippen LogP) is 2.53. The smallest absolute Gasteiger partial charge is 0.229 e. The van der Waals surface area contributed by atoms with Gasteiger partial charge in [-0.1, -0.05) is 25.4 Å². The summed E-state index contributed by atoms with van der Waals surface area (Å²) < 4.78 is 10.4. The average molecular weight is 301 g/mol. The first-order chi connectivity index (χ1) is 9.44. The Labute approximate surface area is 124 Å². The van der Waals surface area contributed by atoms with Crippen LogP contribution >= 0.6 is 11.6 Å². The molecule has 1 aromatic carbocycles. The van der Waals surface area contributed by atoms with Gasteiger partial charge >= 0.3 is 0 Å². The monoisotopic (exact) mass is 300 g/mol. The second-order valence-corrected chi connectivity index (χ2v) is 5.17. The van der Waals surface area contributed by atoms with Crippen molar-refractivity contribution >= 4 is 23.2 Å². The lowest BCUT2D eigenvalue weighted by molar-refractivity contribution is -0.120. The number of hydrogen-bond acceptors (Lipinski definition) is 4. The van der Waals surface area contributed by atoms with Gasteiger partial charge in [-0.3, -0.25) is 4.79 Å². The molecule has 1 unspecified atom stereocenters. The Kier molecular flexibility index (Phi) is 6.10. The SMILES string of the molecule is COc1cc(NC(=O)C(CN)C(C)C)c(OC)cc1Cl. The van der Waals surface area contributed by atoms with Crippen molar-refractivity contribution < 1.29 is 14.3 Å². The number of ether oxygens (including phenoxy) is 2. The van der Waals surface area contributed by atoms with Gasteiger partial charge < -0.3 is 20.5 Å². The minimum atomic E-state index is -0.263. The van der Waals surface area contributed by atoms with Crippen LogP contribution in [-0.2, 0) is 4.79 Å². The molecule has 6 heteroatoms. The molecular formula is C14H21ClN2O3. The van der Waals surface area contributed by atoms with E-state index >= 15 is 0 Å². The number of benzene rings is 1. The van der Waals surface area contributed by atoms with Gasteiger partial charge in [-0.2, -0.15) is 0 Å². The Balaban J connectivity index is 3.04. The van der Waals surface area contributed by atoms with E-state index in [1.54, 1.807) is 12.1 Å². The number of amides is 1. The molecule has 0 bridgehead atoms. The van der Waals surface area contributed by atoms with Crippen LogP contribution in [0.4, 0.5) is 5.69 Å². The van der Waals surface area contributed by atoms with E-state index in [0.717, 1.165) is 0 Å². The zero-order valence-electron chi connectivity index (χ0n) is 12.2. The van der Waals surface area contributed by atoms with E-state index in [1.165, 1.54) is 14.2 Å². The van der Waals surface area contributed by atoms with Crippen LogP contribution in [-0.4, -0.2) is 26.7 Å². The molecule has 1 rings (SSSR count). The standard InChI is InChI=1S/C14H21ClN2O3/c1-8(2)9(7-16)14(18)17-11-6-12(19-3)10(15)5-13(11)20-4/h5-6,8-9H,7,16H2,1-4H3,(H,17,18). The van der Waals surface area contributed by atoms with Gasteiger partial charge in [0.15, 0.2) is 0 Å². The summed E-state index contributed by atoms with van der Waals surface area (Å²) in [5, 5.41) is 3.23. The molecule has 0 fully saturated rings. The molecule has 0 heterocycles. The van der Waals surface area contributed by atoms with Gasteiger partial charge in [0.05, 0.1) is 30.8 Å². The van der Waals surface area contributed by atoms with Crippen molar-refractivity contribution in [1.82, 2.24) is 0 Å². The van der Waals surface area contributed by atoms with E-state index in [4.69, 9.17) is 26.8 Å². The summed E-state index contributed by atoms with van der Waals surface area (Å²) in [7, 11) is 3.02. The van der Waals surface area contributed by atoms with Crippen molar-refractivity contribution in [2.45, 2.75) is 13.8 Å². The molecule has 5 nitrogen and oxygen atoms in total. The number of anilines is 1. The zero-order chi connectivity index (χ0) is 15.3. The van der Waals surface area contributed by atoms with Crippen LogP contribution in [0.15, 0.2) is 12.1 Å². The van der Waals surface area contributed by atoms with Gasteiger partial charge in [0.25, 0.3) is 0 Å². The highest BCUT2D eigenvalue weighted by Gasteiger charge is 2.22. The fraction of sp³-hybridized carbons (Fsp3) is 0.500. The Morgan fingerprint density at radius 1 is 1.30 bits per heavy atom. The van der Waals surface area contributed by atoms with Crippen LogP contribution in [0.1, 0.15) is 13.8 Å². The number of carbonyl (C=O) groups excluding carboxylic acids is 1. The highest BCUT2D eigenvalue weighted by Crippen LogP contribution is 2.36. The maximum Gasteiger partial charge on any atom is 0.229 e. The summed E-state index contributed by atoms with van der Waals surface area (Å²) in [6.07, 6.45) is 0. The molecule has 1 atom stereocenters. The first kappa shape index (κ1) is 16.6. The van der Waals surface area contributed by atoms with E-state index in [0.29, 0.717) is 22.2 Å². The minimum Gasteiger partial charge on any atom is -0.495 e. The molecule has 0 aliphatic heterocycles. The molecule has 0 aliphatic rings. The third-order valence-electron chi connectivity index (χ3n) is 3.13. The van der Waals surface area contributed by atoms with Gasteiger partial charge in [0, 0.05) is 18.7 Å². The summed E-state index contributed by atoms with van der Waals surface area (Å²) in [4.78, 5) is 12.2. The fourth-order valence-corrected chi connectivity index (χ4v) is 2.10. The summed E-state index contributed by atoms with van der Waals surface area (Å²) in [6, 6.07) is 3.23. The maximum atomic E-state index is 12.2. The van der Waals surface area contributed by atoms with Crippen molar-refractivity contribution in [3.05, 3.63) is 17.2 Å². The van der Waals surface area contributed by atoms with Crippen molar-refractivity contribution in [3.8, 4) is 11.5 Å². The van der Waals surface area contributed by atoms with Crippen molar-refractivity contribution in [3.63, 3.8) is 0 Å². The van der Waals surface area contributed by atoms with E-state index in [2.05, 4.69) is 5.32 Å². The van der Waals surface area contributed by atoms with Crippen molar-refractivity contribution in [2.75, 3.05) is 26.1 Å². The van der Waals surface area contributed by atoms with Gasteiger partial charge in [-0.15, -0.1) is 0 Å². The first-order valence-electron chi connectivity index (χ1n) is 6.37. The Hall–Kier alpha value is -1.46. The number of carbonyl (C=O) groups is 1. The van der Waals surface area contributed by atoms with E-state index in [9.17, 15) is 4.79 Å². The molecule has 0 saturated heterocycles. The minimum absolute atomic E-state index is 0.148. The highest BCUT2D eigenvalue weighted by molar-refractivity contribution is 6.32. The van der Waals surface area contributed by atoms with E-state index in [1.807, 2.05) is 13.8 Å². The number of halogens is 1. The van der Waals surface area contributed by atoms with E-state index in [-0.39, 0.29) is 24.3 Å². The summed E-state index contributed by atoms with van der Waals surface area (Å²) in [6.45, 7) is 4.20. The number of hydrogen-bond donors (Lipinski definition) is 2. The Morgan fingerprint density at radius 3 is 2.35 bits per heavy atom. The van der Waals surface area contributed by atoms with Crippen molar-refractivity contribution in [2.24, 2.45) is 17.6 Å². The quantitative estimate of drug-likeness (QED) is 0.846. The fourth-order valence-electron chi connectivity index (χ4n) is 1.87. The summed E-state index contributed by atoms with van der Waals surface area (Å²) in [5.41, 5.74) is 6.15.